The molecular weight excluding hydrogens is 378 g/mol. The van der Waals surface area contributed by atoms with E-state index in [-0.39, 0.29) is 11.2 Å². The summed E-state index contributed by atoms with van der Waals surface area (Å²) in [6, 6.07) is 14.2. The molecule has 0 saturated carbocycles. The number of H-pyrrole nitrogens is 1. The summed E-state index contributed by atoms with van der Waals surface area (Å²) in [6.07, 6.45) is 1.65. The molecule has 0 spiro atoms. The van der Waals surface area contributed by atoms with Crippen LogP contribution in [0, 0.1) is 0 Å². The van der Waals surface area contributed by atoms with E-state index >= 15 is 0 Å². The lowest BCUT2D eigenvalue weighted by Crippen LogP contribution is -2.48. The maximum Gasteiger partial charge on any atom is 0.268 e. The van der Waals surface area contributed by atoms with Gasteiger partial charge >= 0.3 is 0 Å². The Morgan fingerprint density at radius 2 is 1.83 bits per heavy atom. The maximum atomic E-state index is 12.3. The second-order valence-electron chi connectivity index (χ2n) is 8.24. The van der Waals surface area contributed by atoms with Gasteiger partial charge in [0.1, 0.15) is 5.69 Å². The Balaban J connectivity index is 1.62. The summed E-state index contributed by atoms with van der Waals surface area (Å²) in [6.45, 7) is 3.49. The van der Waals surface area contributed by atoms with Crippen LogP contribution in [-0.4, -0.2) is 44.7 Å². The molecule has 1 saturated heterocycles. The van der Waals surface area contributed by atoms with Gasteiger partial charge in [0.25, 0.3) is 5.91 Å². The Labute approximate surface area is 173 Å². The molecule has 0 radical (unpaired) electrons. The van der Waals surface area contributed by atoms with Crippen LogP contribution in [0.2, 0.25) is 0 Å². The summed E-state index contributed by atoms with van der Waals surface area (Å²) in [7, 11) is 0. The van der Waals surface area contributed by atoms with Gasteiger partial charge in [-0.2, -0.15) is 10.1 Å². The SMILES string of the molecule is CC1(N)CCN(c2nc(C(N)=O)c3c(-c4ccc5ccccc5c4)[nH]nc3n2)CC1. The fraction of sp³-hybridized carbons (Fsp3) is 0.273. The van der Waals surface area contributed by atoms with E-state index in [4.69, 9.17) is 11.5 Å². The van der Waals surface area contributed by atoms with Crippen LogP contribution >= 0.6 is 0 Å². The van der Waals surface area contributed by atoms with Crippen molar-refractivity contribution in [3.63, 3.8) is 0 Å². The van der Waals surface area contributed by atoms with Crippen LogP contribution in [0.5, 0.6) is 0 Å². The van der Waals surface area contributed by atoms with Crippen molar-refractivity contribution in [1.82, 2.24) is 20.2 Å². The monoisotopic (exact) mass is 401 g/mol. The Bertz CT molecular complexity index is 1270. The molecule has 8 heteroatoms. The molecule has 1 amide bonds. The summed E-state index contributed by atoms with van der Waals surface area (Å²) in [5, 5.41) is 10.2. The highest BCUT2D eigenvalue weighted by Crippen LogP contribution is 2.31. The number of hydrogen-bond acceptors (Lipinski definition) is 6. The number of primary amides is 1. The predicted molar refractivity (Wildman–Crippen MR) is 117 cm³/mol. The molecule has 0 unspecified atom stereocenters. The van der Waals surface area contributed by atoms with Gasteiger partial charge in [0.2, 0.25) is 5.95 Å². The standard InChI is InChI=1S/C22H23N7O/c1-22(24)8-10-29(11-9-22)21-25-18(19(23)30)16-17(27-28-20(16)26-21)15-7-6-13-4-2-3-5-14(13)12-15/h2-7,12H,8-11,24H2,1H3,(H2,23,30)(H,25,26,27,28). The molecule has 1 aliphatic rings. The van der Waals surface area contributed by atoms with Crippen molar-refractivity contribution in [2.45, 2.75) is 25.3 Å². The molecule has 5 rings (SSSR count). The minimum atomic E-state index is -0.604. The number of hydrogen-bond donors (Lipinski definition) is 3. The van der Waals surface area contributed by atoms with E-state index in [2.05, 4.69) is 26.2 Å². The van der Waals surface area contributed by atoms with E-state index in [1.165, 1.54) is 0 Å². The smallest absolute Gasteiger partial charge is 0.268 e. The van der Waals surface area contributed by atoms with Crippen molar-refractivity contribution in [1.29, 1.82) is 0 Å². The lowest BCUT2D eigenvalue weighted by Gasteiger charge is -2.36. The number of anilines is 1. The quantitative estimate of drug-likeness (QED) is 0.484. The van der Waals surface area contributed by atoms with E-state index in [1.807, 2.05) is 48.2 Å². The molecule has 2 aromatic heterocycles. The topological polar surface area (TPSA) is 127 Å². The van der Waals surface area contributed by atoms with E-state index in [9.17, 15) is 4.79 Å². The molecule has 4 aromatic rings. The van der Waals surface area contributed by atoms with Gasteiger partial charge in [0.15, 0.2) is 5.65 Å². The highest BCUT2D eigenvalue weighted by Gasteiger charge is 2.29. The third-order valence-corrected chi connectivity index (χ3v) is 5.86. The number of nitrogens with two attached hydrogens (primary N) is 2. The lowest BCUT2D eigenvalue weighted by atomic mass is 9.91. The van der Waals surface area contributed by atoms with Crippen molar-refractivity contribution in [2.75, 3.05) is 18.0 Å². The van der Waals surface area contributed by atoms with E-state index in [1.54, 1.807) is 0 Å². The first kappa shape index (κ1) is 18.5. The molecule has 0 aliphatic carbocycles. The maximum absolute atomic E-state index is 12.3. The zero-order valence-corrected chi connectivity index (χ0v) is 16.7. The third kappa shape index (κ3) is 3.15. The second-order valence-corrected chi connectivity index (χ2v) is 8.24. The van der Waals surface area contributed by atoms with Crippen LogP contribution in [0.4, 0.5) is 5.95 Å². The van der Waals surface area contributed by atoms with Crippen molar-refractivity contribution < 1.29 is 4.79 Å². The summed E-state index contributed by atoms with van der Waals surface area (Å²) in [4.78, 5) is 23.5. The van der Waals surface area contributed by atoms with Crippen molar-refractivity contribution in [2.24, 2.45) is 11.5 Å². The summed E-state index contributed by atoms with van der Waals surface area (Å²) in [5.74, 6) is -0.142. The Hall–Kier alpha value is -3.52. The molecule has 2 aromatic carbocycles. The molecule has 5 N–H and O–H groups in total. The van der Waals surface area contributed by atoms with Gasteiger partial charge in [-0.15, -0.1) is 0 Å². The third-order valence-electron chi connectivity index (χ3n) is 5.86. The minimum absolute atomic E-state index is 0.174. The predicted octanol–water partition coefficient (Wildman–Crippen LogP) is 2.59. The fourth-order valence-electron chi connectivity index (χ4n) is 4.00. The lowest BCUT2D eigenvalue weighted by molar-refractivity contribution is 0.0997. The number of aromatic amines is 1. The van der Waals surface area contributed by atoms with Crippen molar-refractivity contribution >= 4 is 33.7 Å². The molecule has 1 aliphatic heterocycles. The number of nitrogens with one attached hydrogen (secondary N) is 1. The Kier molecular flexibility index (Phi) is 4.18. The summed E-state index contributed by atoms with van der Waals surface area (Å²) >= 11 is 0. The van der Waals surface area contributed by atoms with E-state index in [0.717, 1.165) is 42.3 Å². The highest BCUT2D eigenvalue weighted by atomic mass is 16.1. The van der Waals surface area contributed by atoms with Crippen LogP contribution in [0.1, 0.15) is 30.3 Å². The second kappa shape index (κ2) is 6.77. The number of carbonyl (C=O) groups is 1. The molecule has 1 fully saturated rings. The Morgan fingerprint density at radius 3 is 2.57 bits per heavy atom. The van der Waals surface area contributed by atoms with Gasteiger partial charge in [-0.1, -0.05) is 36.4 Å². The number of nitrogens with zero attached hydrogens (tertiary/aromatic N) is 4. The summed E-state index contributed by atoms with van der Waals surface area (Å²) in [5.41, 5.74) is 13.9. The van der Waals surface area contributed by atoms with E-state index in [0.29, 0.717) is 22.7 Å². The first-order chi connectivity index (χ1) is 14.4. The van der Waals surface area contributed by atoms with Crippen LogP contribution in [-0.2, 0) is 0 Å². The number of aromatic nitrogens is 4. The van der Waals surface area contributed by atoms with Crippen LogP contribution in [0.15, 0.2) is 42.5 Å². The number of benzene rings is 2. The van der Waals surface area contributed by atoms with Gasteiger partial charge < -0.3 is 16.4 Å². The largest absolute Gasteiger partial charge is 0.364 e. The number of rotatable bonds is 3. The first-order valence-electron chi connectivity index (χ1n) is 10.0. The number of amides is 1. The molecule has 3 heterocycles. The van der Waals surface area contributed by atoms with Gasteiger partial charge in [0.05, 0.1) is 11.1 Å². The van der Waals surface area contributed by atoms with Gasteiger partial charge in [-0.25, -0.2) is 4.98 Å². The normalized spacial score (nSPS) is 16.3. The van der Waals surface area contributed by atoms with Gasteiger partial charge in [-0.3, -0.25) is 9.89 Å². The number of fused-ring (bicyclic) bond motifs is 2. The zero-order valence-electron chi connectivity index (χ0n) is 16.7. The average molecular weight is 401 g/mol. The Morgan fingerprint density at radius 1 is 1.10 bits per heavy atom. The van der Waals surface area contributed by atoms with Crippen molar-refractivity contribution in [3.05, 3.63) is 48.2 Å². The zero-order chi connectivity index (χ0) is 20.9. The molecule has 0 atom stereocenters. The molecule has 8 nitrogen and oxygen atoms in total. The molecular formula is C22H23N7O. The number of carbonyl (C=O) groups excluding carboxylic acids is 1. The van der Waals surface area contributed by atoms with Gasteiger partial charge in [0, 0.05) is 24.2 Å². The van der Waals surface area contributed by atoms with Crippen molar-refractivity contribution in [3.8, 4) is 11.3 Å². The van der Waals surface area contributed by atoms with E-state index < -0.39 is 5.91 Å². The summed E-state index contributed by atoms with van der Waals surface area (Å²) < 4.78 is 0. The molecule has 0 bridgehead atoms. The first-order valence-corrected chi connectivity index (χ1v) is 10.0. The van der Waals surface area contributed by atoms with Crippen LogP contribution in [0.3, 0.4) is 0 Å². The average Bonchev–Trinajstić information content (AvgIpc) is 3.16. The van der Waals surface area contributed by atoms with Gasteiger partial charge in [-0.05, 0) is 36.6 Å². The number of piperidine rings is 1. The molecule has 152 valence electrons. The molecule has 30 heavy (non-hydrogen) atoms. The van der Waals surface area contributed by atoms with Crippen LogP contribution in [0.25, 0.3) is 33.1 Å². The van der Waals surface area contributed by atoms with Crippen LogP contribution < -0.4 is 16.4 Å². The fourth-order valence-corrected chi connectivity index (χ4v) is 4.00. The highest BCUT2D eigenvalue weighted by molar-refractivity contribution is 6.08. The minimum Gasteiger partial charge on any atom is -0.364 e.